The van der Waals surface area contributed by atoms with Crippen molar-refractivity contribution in [2.75, 3.05) is 0 Å². The summed E-state index contributed by atoms with van der Waals surface area (Å²) in [6.45, 7) is 6.27. The molecule has 2 aromatic carbocycles. The minimum Gasteiger partial charge on any atom is -0.465 e. The van der Waals surface area contributed by atoms with E-state index in [4.69, 9.17) is 4.42 Å². The summed E-state index contributed by atoms with van der Waals surface area (Å²) in [5.41, 5.74) is 5.06. The van der Waals surface area contributed by atoms with Crippen molar-refractivity contribution in [2.45, 2.75) is 33.2 Å². The summed E-state index contributed by atoms with van der Waals surface area (Å²) < 4.78 is 5.42. The van der Waals surface area contributed by atoms with Crippen molar-refractivity contribution in [3.05, 3.63) is 94.9 Å². The van der Waals surface area contributed by atoms with Gasteiger partial charge in [0.1, 0.15) is 5.76 Å². The van der Waals surface area contributed by atoms with Gasteiger partial charge in [0.25, 0.3) is 5.91 Å². The highest BCUT2D eigenvalue weighted by Gasteiger charge is 2.18. The molecule has 138 valence electrons. The molecule has 0 aliphatic heterocycles. The van der Waals surface area contributed by atoms with Gasteiger partial charge in [0.05, 0.1) is 17.9 Å². The molecule has 0 radical (unpaired) electrons. The lowest BCUT2D eigenvalue weighted by atomic mass is 9.98. The van der Waals surface area contributed by atoms with Gasteiger partial charge in [0.2, 0.25) is 0 Å². The fraction of sp³-hybridized carbons (Fsp3) is 0.208. The number of rotatable bonds is 6. The van der Waals surface area contributed by atoms with Crippen LogP contribution in [0.15, 0.2) is 71.3 Å². The topological polar surface area (TPSA) is 42.2 Å². The van der Waals surface area contributed by atoms with Crippen molar-refractivity contribution >= 4 is 17.6 Å². The molecular weight excluding hydrogens is 334 g/mol. The summed E-state index contributed by atoms with van der Waals surface area (Å²) in [6, 6.07) is 19.6. The molecule has 1 N–H and O–H groups in total. The molecule has 0 spiro atoms. The Morgan fingerprint density at radius 2 is 1.81 bits per heavy atom. The van der Waals surface area contributed by atoms with Crippen molar-refractivity contribution in [2.24, 2.45) is 0 Å². The zero-order valence-electron chi connectivity index (χ0n) is 16.0. The average Bonchev–Trinajstić information content (AvgIpc) is 3.20. The van der Waals surface area contributed by atoms with Crippen molar-refractivity contribution in [3.8, 4) is 0 Å². The maximum atomic E-state index is 13.1. The Balaban J connectivity index is 1.90. The van der Waals surface area contributed by atoms with E-state index in [0.29, 0.717) is 11.3 Å². The molecule has 0 saturated heterocycles. The first kappa shape index (κ1) is 18.7. The van der Waals surface area contributed by atoms with Crippen LogP contribution in [0.5, 0.6) is 0 Å². The Morgan fingerprint density at radius 3 is 2.44 bits per heavy atom. The number of amides is 1. The number of benzene rings is 2. The first-order chi connectivity index (χ1) is 13.1. The number of hydrogen-bond acceptors (Lipinski definition) is 2. The van der Waals surface area contributed by atoms with Gasteiger partial charge in [-0.05, 0) is 60.7 Å². The number of hydrogen-bond donors (Lipinski definition) is 1. The Labute approximate surface area is 160 Å². The lowest BCUT2D eigenvalue weighted by Gasteiger charge is -2.20. The molecule has 3 nitrogen and oxygen atoms in total. The number of furan rings is 1. The summed E-state index contributed by atoms with van der Waals surface area (Å²) in [5.74, 6) is 0.547. The highest BCUT2D eigenvalue weighted by atomic mass is 16.3. The van der Waals surface area contributed by atoms with Gasteiger partial charge >= 0.3 is 0 Å². The van der Waals surface area contributed by atoms with Crippen LogP contribution in [-0.2, 0) is 4.79 Å². The van der Waals surface area contributed by atoms with E-state index in [-0.39, 0.29) is 11.9 Å². The molecule has 0 fully saturated rings. The molecule has 1 unspecified atom stereocenters. The standard InChI is InChI=1S/C24H25NO2/c1-4-23(20-13-12-17(2)18(3)15-20)25-24(26)22(16-21-11-8-14-27-21)19-9-6-5-7-10-19/h5-16,23H,4H2,1-3H3,(H,25,26)/b22-16+. The van der Waals surface area contributed by atoms with Gasteiger partial charge < -0.3 is 9.73 Å². The van der Waals surface area contributed by atoms with Crippen molar-refractivity contribution in [3.63, 3.8) is 0 Å². The Bertz CT molecular complexity index is 924. The van der Waals surface area contributed by atoms with Gasteiger partial charge in [-0.2, -0.15) is 0 Å². The van der Waals surface area contributed by atoms with Crippen LogP contribution in [0.4, 0.5) is 0 Å². The molecule has 3 heteroatoms. The zero-order chi connectivity index (χ0) is 19.2. The fourth-order valence-corrected chi connectivity index (χ4v) is 3.05. The largest absolute Gasteiger partial charge is 0.465 e. The van der Waals surface area contributed by atoms with E-state index in [1.54, 1.807) is 12.3 Å². The lowest BCUT2D eigenvalue weighted by molar-refractivity contribution is -0.116. The maximum absolute atomic E-state index is 13.1. The van der Waals surface area contributed by atoms with Gasteiger partial charge in [0, 0.05) is 0 Å². The molecule has 3 rings (SSSR count). The highest BCUT2D eigenvalue weighted by Crippen LogP contribution is 2.23. The van der Waals surface area contributed by atoms with Crippen LogP contribution in [0.25, 0.3) is 11.6 Å². The molecule has 1 amide bonds. The zero-order valence-corrected chi connectivity index (χ0v) is 16.0. The predicted octanol–water partition coefficient (Wildman–Crippen LogP) is 5.70. The van der Waals surface area contributed by atoms with Gasteiger partial charge in [-0.25, -0.2) is 0 Å². The molecule has 0 bridgehead atoms. The van der Waals surface area contributed by atoms with E-state index >= 15 is 0 Å². The fourth-order valence-electron chi connectivity index (χ4n) is 3.05. The Morgan fingerprint density at radius 1 is 1.04 bits per heavy atom. The van der Waals surface area contributed by atoms with E-state index in [2.05, 4.69) is 44.3 Å². The minimum absolute atomic E-state index is 0.0412. The van der Waals surface area contributed by atoms with E-state index in [9.17, 15) is 4.79 Å². The summed E-state index contributed by atoms with van der Waals surface area (Å²) in [7, 11) is 0. The van der Waals surface area contributed by atoms with Crippen LogP contribution in [0.3, 0.4) is 0 Å². The summed E-state index contributed by atoms with van der Waals surface area (Å²) in [6.07, 6.45) is 4.21. The predicted molar refractivity (Wildman–Crippen MR) is 110 cm³/mol. The highest BCUT2D eigenvalue weighted by molar-refractivity contribution is 6.24. The molecule has 1 atom stereocenters. The molecule has 0 saturated carbocycles. The monoisotopic (exact) mass is 359 g/mol. The van der Waals surface area contributed by atoms with E-state index < -0.39 is 0 Å². The second-order valence-corrected chi connectivity index (χ2v) is 6.72. The van der Waals surface area contributed by atoms with Gasteiger partial charge in [-0.3, -0.25) is 4.79 Å². The number of nitrogens with one attached hydrogen (secondary N) is 1. The third-order valence-electron chi connectivity index (χ3n) is 4.81. The van der Waals surface area contributed by atoms with Crippen LogP contribution >= 0.6 is 0 Å². The van der Waals surface area contributed by atoms with Gasteiger partial charge in [-0.1, -0.05) is 55.5 Å². The molecule has 3 aromatic rings. The van der Waals surface area contributed by atoms with Crippen LogP contribution in [0, 0.1) is 13.8 Å². The second-order valence-electron chi connectivity index (χ2n) is 6.72. The lowest BCUT2D eigenvalue weighted by Crippen LogP contribution is -2.29. The molecular formula is C24H25NO2. The Kier molecular flexibility index (Phi) is 5.92. The molecule has 0 aliphatic rings. The van der Waals surface area contributed by atoms with Crippen LogP contribution in [0.2, 0.25) is 0 Å². The van der Waals surface area contributed by atoms with Crippen molar-refractivity contribution in [1.82, 2.24) is 5.32 Å². The smallest absolute Gasteiger partial charge is 0.252 e. The van der Waals surface area contributed by atoms with Gasteiger partial charge in [0.15, 0.2) is 0 Å². The number of carbonyl (C=O) groups excluding carboxylic acids is 1. The quantitative estimate of drug-likeness (QED) is 0.573. The summed E-state index contributed by atoms with van der Waals surface area (Å²) in [4.78, 5) is 13.1. The average molecular weight is 359 g/mol. The second kappa shape index (κ2) is 8.54. The third kappa shape index (κ3) is 4.56. The number of aryl methyl sites for hydroxylation is 2. The van der Waals surface area contributed by atoms with Crippen molar-refractivity contribution in [1.29, 1.82) is 0 Å². The summed E-state index contributed by atoms with van der Waals surface area (Å²) in [5, 5.41) is 3.19. The van der Waals surface area contributed by atoms with Crippen LogP contribution in [0.1, 0.15) is 47.4 Å². The summed E-state index contributed by atoms with van der Waals surface area (Å²) >= 11 is 0. The minimum atomic E-state index is -0.109. The first-order valence-corrected chi connectivity index (χ1v) is 9.27. The molecule has 0 aliphatic carbocycles. The third-order valence-corrected chi connectivity index (χ3v) is 4.81. The number of carbonyl (C=O) groups is 1. The van der Waals surface area contributed by atoms with Crippen LogP contribution in [-0.4, -0.2) is 5.91 Å². The SMILES string of the molecule is CCC(NC(=O)/C(=C/c1ccco1)c1ccccc1)c1ccc(C)c(C)c1. The van der Waals surface area contributed by atoms with E-state index in [0.717, 1.165) is 17.5 Å². The van der Waals surface area contributed by atoms with Gasteiger partial charge in [-0.15, -0.1) is 0 Å². The van der Waals surface area contributed by atoms with Crippen LogP contribution < -0.4 is 5.32 Å². The Hall–Kier alpha value is -3.07. The van der Waals surface area contributed by atoms with E-state index in [1.165, 1.54) is 11.1 Å². The maximum Gasteiger partial charge on any atom is 0.252 e. The molecule has 1 heterocycles. The normalized spacial score (nSPS) is 12.6. The van der Waals surface area contributed by atoms with Crippen molar-refractivity contribution < 1.29 is 9.21 Å². The molecule has 1 aromatic heterocycles. The first-order valence-electron chi connectivity index (χ1n) is 9.27. The van der Waals surface area contributed by atoms with E-state index in [1.807, 2.05) is 42.5 Å². The molecule has 27 heavy (non-hydrogen) atoms.